The molecule has 0 spiro atoms. The molecule has 2 rings (SSSR count). The van der Waals surface area contributed by atoms with Gasteiger partial charge < -0.3 is 10.2 Å². The minimum Gasteiger partial charge on any atom is -0.334 e. The van der Waals surface area contributed by atoms with E-state index < -0.39 is 5.91 Å². The maximum atomic E-state index is 12.4. The Kier molecular flexibility index (Phi) is 7.83. The number of likely N-dealkylation sites (N-methyl/N-ethyl adjacent to an activating group) is 1. The summed E-state index contributed by atoms with van der Waals surface area (Å²) in [4.78, 5) is 39.9. The van der Waals surface area contributed by atoms with Crippen LogP contribution in [0.2, 0.25) is 10.0 Å². The van der Waals surface area contributed by atoms with Crippen molar-refractivity contribution in [1.29, 1.82) is 0 Å². The molecule has 0 unspecified atom stereocenters. The van der Waals surface area contributed by atoms with E-state index in [1.807, 2.05) is 13.0 Å². The van der Waals surface area contributed by atoms with Gasteiger partial charge in [-0.1, -0.05) is 29.3 Å². The molecule has 0 aliphatic heterocycles. The molecule has 0 fully saturated rings. The van der Waals surface area contributed by atoms with Gasteiger partial charge in [0, 0.05) is 24.3 Å². The predicted octanol–water partition coefficient (Wildman–Crippen LogP) is 4.81. The summed E-state index contributed by atoms with van der Waals surface area (Å²) in [5, 5.41) is 3.27. The number of ketones is 1. The summed E-state index contributed by atoms with van der Waals surface area (Å²) in [5.74, 6) is -0.718. The van der Waals surface area contributed by atoms with Crippen LogP contribution < -0.4 is 5.32 Å². The highest BCUT2D eigenvalue weighted by Crippen LogP contribution is 2.29. The Bertz CT molecular complexity index is 831. The number of hydrogen-bond donors (Lipinski definition) is 1. The van der Waals surface area contributed by atoms with Crippen LogP contribution >= 0.6 is 34.5 Å². The van der Waals surface area contributed by atoms with Crippen molar-refractivity contribution in [1.82, 2.24) is 4.90 Å². The SMILES string of the molecule is CCN(CC(=O)Nc1c(Cl)cccc1Cl)C(=O)CCC(=O)c1ccc(C)s1. The molecule has 144 valence electrons. The van der Waals surface area contributed by atoms with Crippen molar-refractivity contribution < 1.29 is 14.4 Å². The summed E-state index contributed by atoms with van der Waals surface area (Å²) < 4.78 is 0. The van der Waals surface area contributed by atoms with Gasteiger partial charge in [0.1, 0.15) is 0 Å². The highest BCUT2D eigenvalue weighted by atomic mass is 35.5. The van der Waals surface area contributed by atoms with Crippen LogP contribution in [-0.2, 0) is 9.59 Å². The molecule has 0 aliphatic carbocycles. The second-order valence-corrected chi connectivity index (χ2v) is 7.99. The van der Waals surface area contributed by atoms with Crippen LogP contribution in [0.3, 0.4) is 0 Å². The van der Waals surface area contributed by atoms with Gasteiger partial charge in [0.2, 0.25) is 11.8 Å². The van der Waals surface area contributed by atoms with Crippen LogP contribution in [0.25, 0.3) is 0 Å². The standard InChI is InChI=1S/C19H20Cl2N2O3S/c1-3-23(11-17(25)22-19-13(20)5-4-6-14(19)21)18(26)10-8-15(24)16-9-7-12(2)27-16/h4-7,9H,3,8,10-11H2,1-2H3,(H,22,25). The lowest BCUT2D eigenvalue weighted by molar-refractivity contribution is -0.134. The van der Waals surface area contributed by atoms with E-state index in [1.165, 1.54) is 16.2 Å². The lowest BCUT2D eigenvalue weighted by Crippen LogP contribution is -2.38. The molecule has 0 aliphatic rings. The van der Waals surface area contributed by atoms with E-state index in [-0.39, 0.29) is 31.1 Å². The number of aryl methyl sites for hydroxylation is 1. The number of nitrogens with zero attached hydrogens (tertiary/aromatic N) is 1. The molecule has 27 heavy (non-hydrogen) atoms. The molecular formula is C19H20Cl2N2O3S. The Morgan fingerprint density at radius 2 is 1.74 bits per heavy atom. The number of halogens is 2. The molecule has 1 heterocycles. The summed E-state index contributed by atoms with van der Waals surface area (Å²) in [7, 11) is 0. The number of anilines is 1. The quantitative estimate of drug-likeness (QED) is 0.615. The number of carbonyl (C=O) groups excluding carboxylic acids is 3. The number of rotatable bonds is 8. The van der Waals surface area contributed by atoms with Crippen molar-refractivity contribution >= 4 is 57.8 Å². The Morgan fingerprint density at radius 3 is 2.30 bits per heavy atom. The summed E-state index contributed by atoms with van der Waals surface area (Å²) in [5.41, 5.74) is 0.317. The predicted molar refractivity (Wildman–Crippen MR) is 110 cm³/mol. The van der Waals surface area contributed by atoms with Crippen molar-refractivity contribution in [2.75, 3.05) is 18.4 Å². The minimum atomic E-state index is -0.402. The second kappa shape index (κ2) is 9.88. The molecule has 2 amide bonds. The van der Waals surface area contributed by atoms with Gasteiger partial charge in [0.05, 0.1) is 27.2 Å². The molecule has 0 radical (unpaired) electrons. The van der Waals surface area contributed by atoms with E-state index in [4.69, 9.17) is 23.2 Å². The molecule has 1 aromatic carbocycles. The van der Waals surface area contributed by atoms with E-state index in [0.717, 1.165) is 4.88 Å². The maximum Gasteiger partial charge on any atom is 0.244 e. The van der Waals surface area contributed by atoms with Gasteiger partial charge in [0.15, 0.2) is 5.78 Å². The normalized spacial score (nSPS) is 10.5. The fourth-order valence-electron chi connectivity index (χ4n) is 2.43. The average molecular weight is 427 g/mol. The fourth-order valence-corrected chi connectivity index (χ4v) is 3.76. The van der Waals surface area contributed by atoms with Crippen LogP contribution in [0.5, 0.6) is 0 Å². The third-order valence-corrected chi connectivity index (χ3v) is 5.55. The Morgan fingerprint density at radius 1 is 1.07 bits per heavy atom. The van der Waals surface area contributed by atoms with E-state index in [1.54, 1.807) is 31.2 Å². The first-order chi connectivity index (χ1) is 12.8. The van der Waals surface area contributed by atoms with Gasteiger partial charge >= 0.3 is 0 Å². The number of para-hydroxylation sites is 1. The highest BCUT2D eigenvalue weighted by Gasteiger charge is 2.19. The van der Waals surface area contributed by atoms with Crippen LogP contribution in [-0.4, -0.2) is 35.6 Å². The number of amides is 2. The minimum absolute atomic E-state index is 0.0593. The van der Waals surface area contributed by atoms with E-state index in [2.05, 4.69) is 5.32 Å². The summed E-state index contributed by atoms with van der Waals surface area (Å²) in [6.45, 7) is 3.92. The first-order valence-corrected chi connectivity index (χ1v) is 10.00. The van der Waals surface area contributed by atoms with E-state index in [9.17, 15) is 14.4 Å². The maximum absolute atomic E-state index is 12.4. The zero-order chi connectivity index (χ0) is 20.0. The first kappa shape index (κ1) is 21.4. The van der Waals surface area contributed by atoms with E-state index in [0.29, 0.717) is 27.2 Å². The second-order valence-electron chi connectivity index (χ2n) is 5.89. The zero-order valence-electron chi connectivity index (χ0n) is 15.1. The van der Waals surface area contributed by atoms with Crippen LogP contribution in [0.15, 0.2) is 30.3 Å². The van der Waals surface area contributed by atoms with Crippen LogP contribution in [0, 0.1) is 6.92 Å². The Balaban J connectivity index is 1.90. The zero-order valence-corrected chi connectivity index (χ0v) is 17.4. The largest absolute Gasteiger partial charge is 0.334 e. The molecular weight excluding hydrogens is 407 g/mol. The topological polar surface area (TPSA) is 66.5 Å². The Hall–Kier alpha value is -1.89. The summed E-state index contributed by atoms with van der Waals surface area (Å²) >= 11 is 13.5. The number of thiophene rings is 1. The molecule has 1 aromatic heterocycles. The number of hydrogen-bond acceptors (Lipinski definition) is 4. The number of Topliss-reactive ketones (excluding diaryl/α,β-unsaturated/α-hetero) is 1. The van der Waals surface area contributed by atoms with E-state index >= 15 is 0 Å². The molecule has 5 nitrogen and oxygen atoms in total. The van der Waals surface area contributed by atoms with Crippen LogP contribution in [0.4, 0.5) is 5.69 Å². The van der Waals surface area contributed by atoms with Crippen molar-refractivity contribution in [2.24, 2.45) is 0 Å². The van der Waals surface area contributed by atoms with Gasteiger partial charge in [-0.2, -0.15) is 0 Å². The van der Waals surface area contributed by atoms with Crippen molar-refractivity contribution in [2.45, 2.75) is 26.7 Å². The molecule has 0 saturated carbocycles. The van der Waals surface area contributed by atoms with Gasteiger partial charge in [-0.15, -0.1) is 11.3 Å². The average Bonchev–Trinajstić information content (AvgIpc) is 3.07. The fraction of sp³-hybridized carbons (Fsp3) is 0.316. The molecule has 2 aromatic rings. The third-order valence-electron chi connectivity index (χ3n) is 3.88. The number of carbonyl (C=O) groups is 3. The van der Waals surface area contributed by atoms with Gasteiger partial charge in [0.25, 0.3) is 0 Å². The highest BCUT2D eigenvalue weighted by molar-refractivity contribution is 7.14. The number of nitrogens with one attached hydrogen (secondary N) is 1. The van der Waals surface area contributed by atoms with Crippen LogP contribution in [0.1, 0.15) is 34.3 Å². The van der Waals surface area contributed by atoms with Gasteiger partial charge in [-0.3, -0.25) is 14.4 Å². The first-order valence-electron chi connectivity index (χ1n) is 8.43. The van der Waals surface area contributed by atoms with Crippen molar-refractivity contribution in [3.05, 3.63) is 50.1 Å². The molecule has 8 heteroatoms. The summed E-state index contributed by atoms with van der Waals surface area (Å²) in [6.07, 6.45) is 0.178. The smallest absolute Gasteiger partial charge is 0.244 e. The summed E-state index contributed by atoms with van der Waals surface area (Å²) in [6, 6.07) is 8.55. The lowest BCUT2D eigenvalue weighted by atomic mass is 10.1. The third kappa shape index (κ3) is 6.06. The van der Waals surface area contributed by atoms with Crippen molar-refractivity contribution in [3.8, 4) is 0 Å². The van der Waals surface area contributed by atoms with Gasteiger partial charge in [-0.05, 0) is 38.1 Å². The molecule has 0 bridgehead atoms. The molecule has 0 atom stereocenters. The van der Waals surface area contributed by atoms with Crippen molar-refractivity contribution in [3.63, 3.8) is 0 Å². The number of benzene rings is 1. The Labute approximate surface area is 172 Å². The monoisotopic (exact) mass is 426 g/mol. The molecule has 1 N–H and O–H groups in total. The van der Waals surface area contributed by atoms with Gasteiger partial charge in [-0.25, -0.2) is 0 Å². The molecule has 0 saturated heterocycles. The lowest BCUT2D eigenvalue weighted by Gasteiger charge is -2.20.